The van der Waals surface area contributed by atoms with Gasteiger partial charge in [0.05, 0.1) is 31.0 Å². The highest BCUT2D eigenvalue weighted by atomic mass is 16.5. The number of carbonyl (C=O) groups is 2. The summed E-state index contributed by atoms with van der Waals surface area (Å²) >= 11 is 0. The number of carbonyl (C=O) groups excluding carboxylic acids is 2. The lowest BCUT2D eigenvalue weighted by atomic mass is 9.95. The van der Waals surface area contributed by atoms with Crippen LogP contribution in [0.2, 0.25) is 0 Å². The van der Waals surface area contributed by atoms with Gasteiger partial charge in [0.2, 0.25) is 0 Å². The number of aliphatic hydroxyl groups excluding tert-OH is 1. The molecule has 0 saturated carbocycles. The second-order valence-corrected chi connectivity index (χ2v) is 8.06. The number of ketones is 1. The maximum absolute atomic E-state index is 13.2. The van der Waals surface area contributed by atoms with Gasteiger partial charge < -0.3 is 19.2 Å². The van der Waals surface area contributed by atoms with Crippen LogP contribution in [-0.2, 0) is 16.1 Å². The van der Waals surface area contributed by atoms with Gasteiger partial charge in [-0.2, -0.15) is 0 Å². The summed E-state index contributed by atoms with van der Waals surface area (Å²) in [6.07, 6.45) is 6.58. The standard InChI is InChI=1S/C28H27NO5/c1-2-3-17-33-22-14-12-21(13-15-22)26-25(24(30)16-11-20-8-5-4-6-9-20)27(31)28(32)29(26)19-23-10-7-18-34-23/h4-16,18,26,31H,2-3,17,19H2,1H3. The van der Waals surface area contributed by atoms with E-state index in [-0.39, 0.29) is 12.1 Å². The Kier molecular flexibility index (Phi) is 7.28. The molecule has 3 aromatic rings. The number of ether oxygens (including phenoxy) is 1. The lowest BCUT2D eigenvalue weighted by Gasteiger charge is -2.26. The van der Waals surface area contributed by atoms with E-state index < -0.39 is 23.5 Å². The first-order chi connectivity index (χ1) is 16.6. The predicted octanol–water partition coefficient (Wildman–Crippen LogP) is 5.64. The van der Waals surface area contributed by atoms with Crippen LogP contribution >= 0.6 is 0 Å². The smallest absolute Gasteiger partial charge is 0.290 e. The number of amides is 1. The molecule has 1 amide bonds. The first-order valence-corrected chi connectivity index (χ1v) is 11.3. The average molecular weight is 458 g/mol. The summed E-state index contributed by atoms with van der Waals surface area (Å²) in [6.45, 7) is 2.84. The Bertz CT molecular complexity index is 1180. The molecule has 34 heavy (non-hydrogen) atoms. The van der Waals surface area contributed by atoms with Crippen LogP contribution in [0, 0.1) is 0 Å². The van der Waals surface area contributed by atoms with Gasteiger partial charge in [0.25, 0.3) is 5.91 Å². The van der Waals surface area contributed by atoms with Crippen molar-refractivity contribution in [1.29, 1.82) is 0 Å². The molecule has 0 bridgehead atoms. The number of unbranched alkanes of at least 4 members (excludes halogenated alkanes) is 1. The molecule has 1 unspecified atom stereocenters. The third kappa shape index (κ3) is 5.12. The van der Waals surface area contributed by atoms with E-state index in [9.17, 15) is 14.7 Å². The second kappa shape index (κ2) is 10.7. The van der Waals surface area contributed by atoms with Crippen molar-refractivity contribution in [2.45, 2.75) is 32.4 Å². The van der Waals surface area contributed by atoms with Crippen molar-refractivity contribution < 1.29 is 23.8 Å². The number of nitrogens with zero attached hydrogens (tertiary/aromatic N) is 1. The van der Waals surface area contributed by atoms with E-state index in [1.165, 1.54) is 17.2 Å². The fourth-order valence-corrected chi connectivity index (χ4v) is 3.89. The van der Waals surface area contributed by atoms with E-state index in [4.69, 9.17) is 9.15 Å². The zero-order chi connectivity index (χ0) is 23.9. The molecule has 0 aliphatic carbocycles. The zero-order valence-electron chi connectivity index (χ0n) is 19.0. The first kappa shape index (κ1) is 23.1. The van der Waals surface area contributed by atoms with Crippen molar-refractivity contribution >= 4 is 17.8 Å². The van der Waals surface area contributed by atoms with E-state index in [1.54, 1.807) is 18.2 Å². The molecule has 6 nitrogen and oxygen atoms in total. The van der Waals surface area contributed by atoms with E-state index in [2.05, 4.69) is 6.92 Å². The van der Waals surface area contributed by atoms with Crippen LogP contribution in [0.1, 0.15) is 42.7 Å². The van der Waals surface area contributed by atoms with Crippen molar-refractivity contribution in [3.8, 4) is 5.75 Å². The first-order valence-electron chi connectivity index (χ1n) is 11.3. The molecule has 6 heteroatoms. The second-order valence-electron chi connectivity index (χ2n) is 8.06. The number of aliphatic hydroxyl groups is 1. The summed E-state index contributed by atoms with van der Waals surface area (Å²) in [5.41, 5.74) is 1.59. The number of furan rings is 1. The van der Waals surface area contributed by atoms with Crippen LogP contribution in [0.15, 0.2) is 94.8 Å². The van der Waals surface area contributed by atoms with Crippen LogP contribution in [0.4, 0.5) is 0 Å². The topological polar surface area (TPSA) is 80.0 Å². The molecule has 0 fully saturated rings. The minimum Gasteiger partial charge on any atom is -0.503 e. The summed E-state index contributed by atoms with van der Waals surface area (Å²) < 4.78 is 11.2. The lowest BCUT2D eigenvalue weighted by Crippen LogP contribution is -2.30. The lowest BCUT2D eigenvalue weighted by molar-refractivity contribution is -0.130. The largest absolute Gasteiger partial charge is 0.503 e. The van der Waals surface area contributed by atoms with E-state index in [0.717, 1.165) is 18.4 Å². The molecule has 1 N–H and O–H groups in total. The van der Waals surface area contributed by atoms with Gasteiger partial charge in [0, 0.05) is 0 Å². The quantitative estimate of drug-likeness (QED) is 0.315. The van der Waals surface area contributed by atoms with E-state index >= 15 is 0 Å². The SMILES string of the molecule is CCCCOc1ccc(C2C(C(=O)C=Cc3ccccc3)=C(O)C(=O)N2Cc2ccco2)cc1. The summed E-state index contributed by atoms with van der Waals surface area (Å²) in [4.78, 5) is 27.7. The molecule has 2 aromatic carbocycles. The Morgan fingerprint density at radius 1 is 1.09 bits per heavy atom. The Morgan fingerprint density at radius 3 is 2.53 bits per heavy atom. The summed E-state index contributed by atoms with van der Waals surface area (Å²) in [5.74, 6) is -0.308. The van der Waals surface area contributed by atoms with Crippen LogP contribution in [-0.4, -0.2) is 28.3 Å². The van der Waals surface area contributed by atoms with E-state index in [0.29, 0.717) is 23.7 Å². The van der Waals surface area contributed by atoms with Gasteiger partial charge in [0.15, 0.2) is 11.5 Å². The summed E-state index contributed by atoms with van der Waals surface area (Å²) in [5, 5.41) is 10.7. The van der Waals surface area contributed by atoms with Crippen LogP contribution < -0.4 is 4.74 Å². The average Bonchev–Trinajstić information content (AvgIpc) is 3.46. The maximum Gasteiger partial charge on any atom is 0.290 e. The Labute approximate surface area is 198 Å². The molecular weight excluding hydrogens is 430 g/mol. The number of rotatable bonds is 10. The van der Waals surface area contributed by atoms with Crippen molar-refractivity contribution in [3.63, 3.8) is 0 Å². The number of hydrogen-bond acceptors (Lipinski definition) is 5. The van der Waals surface area contributed by atoms with Gasteiger partial charge in [-0.1, -0.05) is 61.9 Å². The Morgan fingerprint density at radius 2 is 1.85 bits per heavy atom. The van der Waals surface area contributed by atoms with Crippen molar-refractivity contribution in [3.05, 3.63) is 107 Å². The molecule has 1 aliphatic rings. The highest BCUT2D eigenvalue weighted by Crippen LogP contribution is 2.39. The number of benzene rings is 2. The number of allylic oxidation sites excluding steroid dienone is 1. The van der Waals surface area contributed by atoms with Gasteiger partial charge in [-0.05, 0) is 47.9 Å². The molecule has 1 atom stereocenters. The van der Waals surface area contributed by atoms with Crippen LogP contribution in [0.5, 0.6) is 5.75 Å². The predicted molar refractivity (Wildman–Crippen MR) is 129 cm³/mol. The zero-order valence-corrected chi connectivity index (χ0v) is 19.0. The molecule has 174 valence electrons. The van der Waals surface area contributed by atoms with Gasteiger partial charge in [0.1, 0.15) is 11.5 Å². The molecular formula is C28H27NO5. The Balaban J connectivity index is 1.65. The monoisotopic (exact) mass is 457 g/mol. The third-order valence-electron chi connectivity index (χ3n) is 5.66. The normalized spacial score (nSPS) is 16.0. The number of hydrogen-bond donors (Lipinski definition) is 1. The van der Waals surface area contributed by atoms with Gasteiger partial charge in [-0.3, -0.25) is 9.59 Å². The minimum absolute atomic E-state index is 0.0448. The van der Waals surface area contributed by atoms with Crippen molar-refractivity contribution in [1.82, 2.24) is 4.90 Å². The molecule has 1 aromatic heterocycles. The van der Waals surface area contributed by atoms with Crippen LogP contribution in [0.3, 0.4) is 0 Å². The Hall–Kier alpha value is -4.06. The molecule has 0 spiro atoms. The molecule has 0 saturated heterocycles. The van der Waals surface area contributed by atoms with Crippen molar-refractivity contribution in [2.75, 3.05) is 6.61 Å². The van der Waals surface area contributed by atoms with Gasteiger partial charge >= 0.3 is 0 Å². The highest BCUT2D eigenvalue weighted by molar-refractivity contribution is 6.14. The fourth-order valence-electron chi connectivity index (χ4n) is 3.89. The molecule has 4 rings (SSSR count). The fraction of sp³-hybridized carbons (Fsp3) is 0.214. The molecule has 2 heterocycles. The maximum atomic E-state index is 13.2. The third-order valence-corrected chi connectivity index (χ3v) is 5.66. The molecule has 0 radical (unpaired) electrons. The minimum atomic E-state index is -0.754. The molecule has 1 aliphatic heterocycles. The van der Waals surface area contributed by atoms with Gasteiger partial charge in [-0.25, -0.2) is 0 Å². The summed E-state index contributed by atoms with van der Waals surface area (Å²) in [6, 6.07) is 19.4. The summed E-state index contributed by atoms with van der Waals surface area (Å²) in [7, 11) is 0. The van der Waals surface area contributed by atoms with Crippen molar-refractivity contribution in [2.24, 2.45) is 0 Å². The van der Waals surface area contributed by atoms with Gasteiger partial charge in [-0.15, -0.1) is 0 Å². The van der Waals surface area contributed by atoms with E-state index in [1.807, 2.05) is 54.6 Å². The highest BCUT2D eigenvalue weighted by Gasteiger charge is 2.43. The van der Waals surface area contributed by atoms with Crippen LogP contribution in [0.25, 0.3) is 6.08 Å².